The molecule has 21 heavy (non-hydrogen) atoms. The number of hydrogen-bond donors (Lipinski definition) is 1. The van der Waals surface area contributed by atoms with E-state index in [1.54, 1.807) is 0 Å². The van der Waals surface area contributed by atoms with Crippen LogP contribution >= 0.6 is 0 Å². The van der Waals surface area contributed by atoms with E-state index in [9.17, 15) is 0 Å². The molecule has 1 saturated carbocycles. The third kappa shape index (κ3) is 3.62. The zero-order valence-corrected chi connectivity index (χ0v) is 14.8. The van der Waals surface area contributed by atoms with Crippen LogP contribution < -0.4 is 5.73 Å². The maximum atomic E-state index is 6.26. The molecular formula is C18H36N2O. The summed E-state index contributed by atoms with van der Waals surface area (Å²) < 4.78 is 5.91. The zero-order chi connectivity index (χ0) is 15.7. The number of rotatable bonds is 4. The highest BCUT2D eigenvalue weighted by Crippen LogP contribution is 2.45. The molecule has 0 amide bonds. The van der Waals surface area contributed by atoms with Crippen LogP contribution in [0.5, 0.6) is 0 Å². The molecule has 2 unspecified atom stereocenters. The maximum absolute atomic E-state index is 6.26. The molecule has 0 bridgehead atoms. The lowest BCUT2D eigenvalue weighted by Crippen LogP contribution is -2.62. The Morgan fingerprint density at radius 1 is 1.14 bits per heavy atom. The van der Waals surface area contributed by atoms with Gasteiger partial charge in [-0.2, -0.15) is 0 Å². The van der Waals surface area contributed by atoms with E-state index in [0.717, 1.165) is 25.6 Å². The Labute approximate surface area is 131 Å². The molecule has 0 aromatic carbocycles. The Morgan fingerprint density at radius 3 is 2.10 bits per heavy atom. The van der Waals surface area contributed by atoms with Crippen LogP contribution in [0.1, 0.15) is 66.7 Å². The lowest BCUT2D eigenvalue weighted by atomic mass is 9.65. The second-order valence-corrected chi connectivity index (χ2v) is 8.21. The minimum Gasteiger partial charge on any atom is -0.373 e. The fraction of sp³-hybridized carbons (Fsp3) is 1.00. The van der Waals surface area contributed by atoms with E-state index in [2.05, 4.69) is 39.5 Å². The lowest BCUT2D eigenvalue weighted by molar-refractivity contribution is -0.112. The third-order valence-electron chi connectivity index (χ3n) is 6.40. The summed E-state index contributed by atoms with van der Waals surface area (Å²) in [6.45, 7) is 14.5. The minimum atomic E-state index is 0.229. The first-order chi connectivity index (χ1) is 9.83. The SMILES string of the molecule is CCC(C)(C)C1CCC(CN)(N2CC(C)OC(C)C2)CC1. The summed E-state index contributed by atoms with van der Waals surface area (Å²) in [5.41, 5.74) is 6.97. The van der Waals surface area contributed by atoms with Gasteiger partial charge in [-0.15, -0.1) is 0 Å². The normalized spacial score (nSPS) is 39.4. The molecule has 3 heteroatoms. The van der Waals surface area contributed by atoms with E-state index in [4.69, 9.17) is 10.5 Å². The standard InChI is InChI=1S/C18H36N2O/c1-6-17(4,5)16-7-9-18(13-19,10-8-16)20-11-14(2)21-15(3)12-20/h14-16H,6-13,19H2,1-5H3. The molecule has 2 N–H and O–H groups in total. The molecule has 124 valence electrons. The lowest BCUT2D eigenvalue weighted by Gasteiger charge is -2.53. The van der Waals surface area contributed by atoms with Gasteiger partial charge in [0.2, 0.25) is 0 Å². The average Bonchev–Trinajstić information content (AvgIpc) is 2.46. The Hall–Kier alpha value is -0.120. The molecule has 3 nitrogen and oxygen atoms in total. The first-order valence-corrected chi connectivity index (χ1v) is 8.93. The number of hydrogen-bond acceptors (Lipinski definition) is 3. The van der Waals surface area contributed by atoms with Crippen LogP contribution in [-0.2, 0) is 4.74 Å². The number of nitrogens with zero attached hydrogens (tertiary/aromatic N) is 1. The molecule has 2 rings (SSSR count). The van der Waals surface area contributed by atoms with Crippen LogP contribution in [0, 0.1) is 11.3 Å². The van der Waals surface area contributed by atoms with Crippen molar-refractivity contribution >= 4 is 0 Å². The number of nitrogens with two attached hydrogens (primary N) is 1. The van der Waals surface area contributed by atoms with Crippen molar-refractivity contribution in [1.29, 1.82) is 0 Å². The van der Waals surface area contributed by atoms with Crippen molar-refractivity contribution in [3.05, 3.63) is 0 Å². The predicted molar refractivity (Wildman–Crippen MR) is 89.4 cm³/mol. The monoisotopic (exact) mass is 296 g/mol. The van der Waals surface area contributed by atoms with Crippen molar-refractivity contribution in [2.24, 2.45) is 17.1 Å². The van der Waals surface area contributed by atoms with Crippen molar-refractivity contribution in [1.82, 2.24) is 4.90 Å². The third-order valence-corrected chi connectivity index (χ3v) is 6.40. The van der Waals surface area contributed by atoms with E-state index in [0.29, 0.717) is 17.6 Å². The zero-order valence-electron chi connectivity index (χ0n) is 14.8. The average molecular weight is 296 g/mol. The van der Waals surface area contributed by atoms with Crippen molar-refractivity contribution in [3.8, 4) is 0 Å². The summed E-state index contributed by atoms with van der Waals surface area (Å²) in [6.07, 6.45) is 7.13. The Bertz CT molecular complexity index is 324. The predicted octanol–water partition coefficient (Wildman–Crippen LogP) is 3.42. The Morgan fingerprint density at radius 2 is 1.67 bits per heavy atom. The summed E-state index contributed by atoms with van der Waals surface area (Å²) >= 11 is 0. The summed E-state index contributed by atoms with van der Waals surface area (Å²) in [4.78, 5) is 2.65. The van der Waals surface area contributed by atoms with Crippen molar-refractivity contribution in [3.63, 3.8) is 0 Å². The largest absolute Gasteiger partial charge is 0.373 e. The molecule has 0 spiro atoms. The van der Waals surface area contributed by atoms with Crippen LogP contribution in [0.25, 0.3) is 0 Å². The quantitative estimate of drug-likeness (QED) is 0.864. The van der Waals surface area contributed by atoms with Gasteiger partial charge in [-0.05, 0) is 50.9 Å². The molecule has 2 aliphatic rings. The Balaban J connectivity index is 2.04. The van der Waals surface area contributed by atoms with Crippen LogP contribution in [0.2, 0.25) is 0 Å². The van der Waals surface area contributed by atoms with Gasteiger partial charge in [-0.3, -0.25) is 4.90 Å². The van der Waals surface area contributed by atoms with Gasteiger partial charge in [0.1, 0.15) is 0 Å². The van der Waals surface area contributed by atoms with E-state index >= 15 is 0 Å². The van der Waals surface area contributed by atoms with Crippen molar-refractivity contribution in [2.75, 3.05) is 19.6 Å². The van der Waals surface area contributed by atoms with E-state index in [1.165, 1.54) is 32.1 Å². The molecule has 0 aromatic rings. The van der Waals surface area contributed by atoms with E-state index in [1.807, 2.05) is 0 Å². The highest BCUT2D eigenvalue weighted by Gasteiger charge is 2.44. The first-order valence-electron chi connectivity index (χ1n) is 8.93. The highest BCUT2D eigenvalue weighted by molar-refractivity contribution is 4.99. The minimum absolute atomic E-state index is 0.229. The molecule has 2 fully saturated rings. The fourth-order valence-electron chi connectivity index (χ4n) is 4.44. The summed E-state index contributed by atoms with van der Waals surface area (Å²) in [5.74, 6) is 0.859. The van der Waals surface area contributed by atoms with Gasteiger partial charge in [0, 0.05) is 25.2 Å². The van der Waals surface area contributed by atoms with Gasteiger partial charge in [-0.25, -0.2) is 0 Å². The Kier molecular flexibility index (Phi) is 5.38. The van der Waals surface area contributed by atoms with E-state index in [-0.39, 0.29) is 5.54 Å². The van der Waals surface area contributed by atoms with Gasteiger partial charge in [-0.1, -0.05) is 27.2 Å². The summed E-state index contributed by atoms with van der Waals surface area (Å²) in [6, 6.07) is 0. The van der Waals surface area contributed by atoms with Crippen LogP contribution in [-0.4, -0.2) is 42.3 Å². The topological polar surface area (TPSA) is 38.5 Å². The molecule has 1 aliphatic heterocycles. The van der Waals surface area contributed by atoms with Gasteiger partial charge in [0.25, 0.3) is 0 Å². The number of ether oxygens (including phenoxy) is 1. The second-order valence-electron chi connectivity index (χ2n) is 8.21. The van der Waals surface area contributed by atoms with Crippen LogP contribution in [0.15, 0.2) is 0 Å². The molecule has 0 radical (unpaired) electrons. The van der Waals surface area contributed by atoms with Crippen LogP contribution in [0.3, 0.4) is 0 Å². The van der Waals surface area contributed by atoms with Gasteiger partial charge in [0.15, 0.2) is 0 Å². The first kappa shape index (κ1) is 17.2. The van der Waals surface area contributed by atoms with Gasteiger partial charge >= 0.3 is 0 Å². The molecule has 1 heterocycles. The molecular weight excluding hydrogens is 260 g/mol. The highest BCUT2D eigenvalue weighted by atomic mass is 16.5. The molecule has 2 atom stereocenters. The fourth-order valence-corrected chi connectivity index (χ4v) is 4.44. The van der Waals surface area contributed by atoms with Gasteiger partial charge in [0.05, 0.1) is 12.2 Å². The second kappa shape index (κ2) is 6.55. The summed E-state index contributed by atoms with van der Waals surface area (Å²) in [7, 11) is 0. The maximum Gasteiger partial charge on any atom is 0.0678 e. The molecule has 1 aliphatic carbocycles. The molecule has 0 aromatic heterocycles. The number of morpholine rings is 1. The van der Waals surface area contributed by atoms with Crippen molar-refractivity contribution < 1.29 is 4.74 Å². The summed E-state index contributed by atoms with van der Waals surface area (Å²) in [5, 5.41) is 0. The van der Waals surface area contributed by atoms with Crippen molar-refractivity contribution in [2.45, 2.75) is 84.5 Å². The van der Waals surface area contributed by atoms with E-state index < -0.39 is 0 Å². The van der Waals surface area contributed by atoms with Crippen LogP contribution in [0.4, 0.5) is 0 Å². The molecule has 1 saturated heterocycles. The smallest absolute Gasteiger partial charge is 0.0678 e. The van der Waals surface area contributed by atoms with Gasteiger partial charge < -0.3 is 10.5 Å².